The van der Waals surface area contributed by atoms with Crippen LogP contribution in [0.5, 0.6) is 0 Å². The smallest absolute Gasteiger partial charge is 0.232 e. The van der Waals surface area contributed by atoms with Crippen molar-refractivity contribution in [3.8, 4) is 0 Å². The summed E-state index contributed by atoms with van der Waals surface area (Å²) in [4.78, 5) is 18.5. The van der Waals surface area contributed by atoms with Crippen LogP contribution in [0, 0.1) is 0 Å². The number of fused-ring (bicyclic) bond motifs is 1. The Morgan fingerprint density at radius 2 is 1.86 bits per heavy atom. The number of carbonyl (C=O) groups excluding carboxylic acids is 1. The average molecular weight is 291 g/mol. The third-order valence-electron chi connectivity index (χ3n) is 3.62. The Hall–Kier alpha value is -2.88. The number of likely N-dealkylation sites (N-methyl/N-ethyl adjacent to an activating group) is 1. The molecule has 0 fully saturated rings. The van der Waals surface area contributed by atoms with Crippen LogP contribution >= 0.6 is 0 Å². The minimum atomic E-state index is 0.00787. The molecule has 22 heavy (non-hydrogen) atoms. The maximum Gasteiger partial charge on any atom is 0.232 e. The van der Waals surface area contributed by atoms with Crippen LogP contribution in [-0.4, -0.2) is 17.9 Å². The minimum Gasteiger partial charge on any atom is -0.399 e. The Morgan fingerprint density at radius 1 is 1.09 bits per heavy atom. The normalized spacial score (nSPS) is 10.6. The van der Waals surface area contributed by atoms with Crippen LogP contribution < -0.4 is 10.6 Å². The number of anilines is 2. The van der Waals surface area contributed by atoms with Crippen molar-refractivity contribution in [2.45, 2.75) is 6.42 Å². The van der Waals surface area contributed by atoms with E-state index in [4.69, 9.17) is 5.73 Å². The topological polar surface area (TPSA) is 59.2 Å². The van der Waals surface area contributed by atoms with Crippen molar-refractivity contribution in [2.24, 2.45) is 0 Å². The molecular formula is C18H17N3O. The van der Waals surface area contributed by atoms with Gasteiger partial charge in [0, 0.05) is 23.8 Å². The molecule has 3 aromatic rings. The van der Waals surface area contributed by atoms with Crippen LogP contribution in [0.3, 0.4) is 0 Å². The average Bonchev–Trinajstić information content (AvgIpc) is 2.55. The first kappa shape index (κ1) is 14.1. The van der Waals surface area contributed by atoms with Crippen LogP contribution in [0.2, 0.25) is 0 Å². The highest BCUT2D eigenvalue weighted by atomic mass is 16.2. The Kier molecular flexibility index (Phi) is 3.74. The number of nitrogens with two attached hydrogens (primary N) is 1. The molecule has 2 N–H and O–H groups in total. The lowest BCUT2D eigenvalue weighted by Gasteiger charge is -2.17. The molecule has 0 aliphatic carbocycles. The standard InChI is InChI=1S/C18H17N3O/c1-21(16-5-3-2-4-6-16)18(22)12-15-9-7-13-11-14(19)8-10-17(13)20-15/h2-11H,12,19H2,1H3. The summed E-state index contributed by atoms with van der Waals surface area (Å²) in [7, 11) is 1.78. The van der Waals surface area contributed by atoms with E-state index >= 15 is 0 Å². The summed E-state index contributed by atoms with van der Waals surface area (Å²) in [5.41, 5.74) is 8.95. The van der Waals surface area contributed by atoms with Crippen molar-refractivity contribution in [3.05, 3.63) is 66.4 Å². The number of para-hydroxylation sites is 1. The maximum absolute atomic E-state index is 12.4. The second-order valence-corrected chi connectivity index (χ2v) is 5.22. The number of nitrogen functional groups attached to an aromatic ring is 1. The third kappa shape index (κ3) is 2.91. The number of amides is 1. The summed E-state index contributed by atoms with van der Waals surface area (Å²) in [5.74, 6) is 0.00787. The van der Waals surface area contributed by atoms with Gasteiger partial charge in [-0.05, 0) is 36.4 Å². The summed E-state index contributed by atoms with van der Waals surface area (Å²) in [6.45, 7) is 0. The Labute approximate surface area is 129 Å². The highest BCUT2D eigenvalue weighted by Crippen LogP contribution is 2.17. The summed E-state index contributed by atoms with van der Waals surface area (Å²) in [6, 6.07) is 19.0. The van der Waals surface area contributed by atoms with E-state index in [9.17, 15) is 4.79 Å². The fraction of sp³-hybridized carbons (Fsp3) is 0.111. The molecule has 2 aromatic carbocycles. The zero-order chi connectivity index (χ0) is 15.5. The van der Waals surface area contributed by atoms with Crippen molar-refractivity contribution < 1.29 is 4.79 Å². The van der Waals surface area contributed by atoms with Gasteiger partial charge in [-0.3, -0.25) is 9.78 Å². The number of pyridine rings is 1. The van der Waals surface area contributed by atoms with Crippen molar-refractivity contribution in [3.63, 3.8) is 0 Å². The van der Waals surface area contributed by atoms with E-state index in [1.165, 1.54) is 0 Å². The molecule has 0 saturated heterocycles. The first-order valence-electron chi connectivity index (χ1n) is 7.10. The van der Waals surface area contributed by atoms with Gasteiger partial charge < -0.3 is 10.6 Å². The molecule has 0 aliphatic heterocycles. The van der Waals surface area contributed by atoms with Crippen LogP contribution in [0.15, 0.2) is 60.7 Å². The number of aromatic nitrogens is 1. The number of hydrogen-bond donors (Lipinski definition) is 1. The Bertz CT molecular complexity index is 815. The van der Waals surface area contributed by atoms with Crippen molar-refractivity contribution >= 4 is 28.2 Å². The molecule has 0 aliphatic rings. The second kappa shape index (κ2) is 5.85. The fourth-order valence-corrected chi connectivity index (χ4v) is 2.35. The van der Waals surface area contributed by atoms with Gasteiger partial charge in [0.05, 0.1) is 17.6 Å². The third-order valence-corrected chi connectivity index (χ3v) is 3.62. The first-order chi connectivity index (χ1) is 10.6. The molecule has 4 nitrogen and oxygen atoms in total. The Morgan fingerprint density at radius 3 is 2.64 bits per heavy atom. The van der Waals surface area contributed by atoms with Gasteiger partial charge in [0.15, 0.2) is 0 Å². The lowest BCUT2D eigenvalue weighted by atomic mass is 10.1. The van der Waals surface area contributed by atoms with Gasteiger partial charge in [-0.1, -0.05) is 24.3 Å². The van der Waals surface area contributed by atoms with E-state index in [1.807, 2.05) is 60.7 Å². The summed E-state index contributed by atoms with van der Waals surface area (Å²) in [6.07, 6.45) is 0.270. The van der Waals surface area contributed by atoms with E-state index < -0.39 is 0 Å². The molecule has 0 spiro atoms. The number of rotatable bonds is 3. The molecule has 1 aromatic heterocycles. The highest BCUT2D eigenvalue weighted by Gasteiger charge is 2.12. The van der Waals surface area contributed by atoms with E-state index in [-0.39, 0.29) is 12.3 Å². The van der Waals surface area contributed by atoms with Crippen molar-refractivity contribution in [2.75, 3.05) is 17.7 Å². The van der Waals surface area contributed by atoms with Crippen LogP contribution in [0.1, 0.15) is 5.69 Å². The van der Waals surface area contributed by atoms with Gasteiger partial charge in [0.25, 0.3) is 0 Å². The molecule has 1 heterocycles. The number of benzene rings is 2. The molecule has 0 bridgehead atoms. The maximum atomic E-state index is 12.4. The highest BCUT2D eigenvalue weighted by molar-refractivity contribution is 5.94. The minimum absolute atomic E-state index is 0.00787. The zero-order valence-electron chi connectivity index (χ0n) is 12.4. The van der Waals surface area contributed by atoms with Crippen LogP contribution in [0.25, 0.3) is 10.9 Å². The van der Waals surface area contributed by atoms with E-state index in [0.717, 1.165) is 22.3 Å². The Balaban J connectivity index is 1.80. The molecule has 0 unspecified atom stereocenters. The van der Waals surface area contributed by atoms with Gasteiger partial charge in [0.2, 0.25) is 5.91 Å². The van der Waals surface area contributed by atoms with Crippen molar-refractivity contribution in [1.29, 1.82) is 0 Å². The lowest BCUT2D eigenvalue weighted by Crippen LogP contribution is -2.28. The molecule has 3 rings (SSSR count). The molecule has 110 valence electrons. The van der Waals surface area contributed by atoms with Gasteiger partial charge in [-0.15, -0.1) is 0 Å². The molecule has 4 heteroatoms. The largest absolute Gasteiger partial charge is 0.399 e. The zero-order valence-corrected chi connectivity index (χ0v) is 12.4. The van der Waals surface area contributed by atoms with Crippen LogP contribution in [0.4, 0.5) is 11.4 Å². The fourth-order valence-electron chi connectivity index (χ4n) is 2.35. The first-order valence-corrected chi connectivity index (χ1v) is 7.10. The van der Waals surface area contributed by atoms with Gasteiger partial charge in [-0.25, -0.2) is 0 Å². The SMILES string of the molecule is CN(C(=O)Cc1ccc2cc(N)ccc2n1)c1ccccc1. The number of carbonyl (C=O) groups is 1. The lowest BCUT2D eigenvalue weighted by molar-refractivity contribution is -0.117. The van der Waals surface area contributed by atoms with Crippen molar-refractivity contribution in [1.82, 2.24) is 4.98 Å². The number of hydrogen-bond acceptors (Lipinski definition) is 3. The second-order valence-electron chi connectivity index (χ2n) is 5.22. The number of nitrogens with zero attached hydrogens (tertiary/aromatic N) is 2. The van der Waals surface area contributed by atoms with Gasteiger partial charge in [0.1, 0.15) is 0 Å². The molecule has 0 saturated carbocycles. The summed E-state index contributed by atoms with van der Waals surface area (Å²) < 4.78 is 0. The molecular weight excluding hydrogens is 274 g/mol. The molecule has 0 atom stereocenters. The van der Waals surface area contributed by atoms with Crippen LogP contribution in [-0.2, 0) is 11.2 Å². The summed E-state index contributed by atoms with van der Waals surface area (Å²) >= 11 is 0. The predicted molar refractivity (Wildman–Crippen MR) is 89.7 cm³/mol. The predicted octanol–water partition coefficient (Wildman–Crippen LogP) is 3.02. The van der Waals surface area contributed by atoms with E-state index in [2.05, 4.69) is 4.98 Å². The molecule has 0 radical (unpaired) electrons. The summed E-state index contributed by atoms with van der Waals surface area (Å²) in [5, 5.41) is 0.979. The monoisotopic (exact) mass is 291 g/mol. The van der Waals surface area contributed by atoms with E-state index in [1.54, 1.807) is 11.9 Å². The van der Waals surface area contributed by atoms with Gasteiger partial charge >= 0.3 is 0 Å². The molecule has 1 amide bonds. The van der Waals surface area contributed by atoms with E-state index in [0.29, 0.717) is 5.69 Å². The quantitative estimate of drug-likeness (QED) is 0.755. The van der Waals surface area contributed by atoms with Gasteiger partial charge in [-0.2, -0.15) is 0 Å².